The maximum Gasteiger partial charge on any atom is 0.261 e. The lowest BCUT2D eigenvalue weighted by molar-refractivity contribution is 0.0958. The second kappa shape index (κ2) is 5.46. The highest BCUT2D eigenvalue weighted by atomic mass is 32.1. The minimum absolute atomic E-state index is 0.0577. The number of rotatable bonds is 6. The van der Waals surface area contributed by atoms with Gasteiger partial charge >= 0.3 is 0 Å². The van der Waals surface area contributed by atoms with E-state index in [2.05, 4.69) is 17.6 Å². The molecule has 1 aliphatic carbocycles. The van der Waals surface area contributed by atoms with Crippen LogP contribution in [0.15, 0.2) is 12.1 Å². The third-order valence-corrected chi connectivity index (χ3v) is 3.88. The predicted molar refractivity (Wildman–Crippen MR) is 67.1 cm³/mol. The van der Waals surface area contributed by atoms with E-state index in [-0.39, 0.29) is 5.91 Å². The molecule has 1 heterocycles. The highest BCUT2D eigenvalue weighted by Gasteiger charge is 2.19. The zero-order valence-electron chi connectivity index (χ0n) is 9.58. The summed E-state index contributed by atoms with van der Waals surface area (Å²) in [5.41, 5.74) is 0. The molecule has 0 saturated heterocycles. The number of carbonyl (C=O) groups excluding carboxylic acids is 1. The molecule has 0 bridgehead atoms. The minimum Gasteiger partial charge on any atom is -0.350 e. The Labute approximate surface area is 100 Å². The monoisotopic (exact) mass is 238 g/mol. The summed E-state index contributed by atoms with van der Waals surface area (Å²) in [4.78, 5) is 13.8. The summed E-state index contributed by atoms with van der Waals surface area (Å²) in [5, 5.41) is 6.30. The number of amides is 1. The van der Waals surface area contributed by atoms with Crippen molar-refractivity contribution < 1.29 is 4.79 Å². The molecule has 1 aromatic heterocycles. The van der Waals surface area contributed by atoms with Crippen molar-refractivity contribution in [2.45, 2.75) is 32.2 Å². The van der Waals surface area contributed by atoms with Crippen LogP contribution in [0, 0.1) is 0 Å². The zero-order chi connectivity index (χ0) is 11.4. The SMILES string of the molecule is CCc1ccc(C(=O)NCCNC2CC2)s1. The van der Waals surface area contributed by atoms with E-state index in [0.29, 0.717) is 12.6 Å². The fourth-order valence-corrected chi connectivity index (χ4v) is 2.38. The molecule has 1 amide bonds. The second-order valence-corrected chi connectivity index (χ2v) is 5.27. The summed E-state index contributed by atoms with van der Waals surface area (Å²) < 4.78 is 0. The molecule has 1 aromatic rings. The molecule has 0 aliphatic heterocycles. The minimum atomic E-state index is 0.0577. The average Bonchev–Trinajstić information content (AvgIpc) is 2.99. The van der Waals surface area contributed by atoms with E-state index in [9.17, 15) is 4.79 Å². The summed E-state index contributed by atoms with van der Waals surface area (Å²) >= 11 is 1.59. The maximum atomic E-state index is 11.7. The van der Waals surface area contributed by atoms with Crippen LogP contribution in [0.25, 0.3) is 0 Å². The molecule has 0 radical (unpaired) electrons. The summed E-state index contributed by atoms with van der Waals surface area (Å²) in [6.45, 7) is 3.70. The van der Waals surface area contributed by atoms with Crippen LogP contribution in [0.5, 0.6) is 0 Å². The molecular formula is C12H18N2OS. The van der Waals surface area contributed by atoms with Gasteiger partial charge in [0.1, 0.15) is 0 Å². The Hall–Kier alpha value is -0.870. The van der Waals surface area contributed by atoms with Gasteiger partial charge in [0.2, 0.25) is 0 Å². The molecule has 3 nitrogen and oxygen atoms in total. The van der Waals surface area contributed by atoms with Gasteiger partial charge in [0, 0.05) is 24.0 Å². The molecule has 88 valence electrons. The number of hydrogen-bond donors (Lipinski definition) is 2. The highest BCUT2D eigenvalue weighted by molar-refractivity contribution is 7.14. The van der Waals surface area contributed by atoms with E-state index < -0.39 is 0 Å². The molecule has 4 heteroatoms. The lowest BCUT2D eigenvalue weighted by atomic mass is 10.3. The Balaban J connectivity index is 1.69. The molecule has 2 rings (SSSR count). The normalized spacial score (nSPS) is 15.1. The zero-order valence-corrected chi connectivity index (χ0v) is 10.4. The first-order valence-electron chi connectivity index (χ1n) is 5.90. The van der Waals surface area contributed by atoms with Crippen LogP contribution >= 0.6 is 11.3 Å². The first-order chi connectivity index (χ1) is 7.79. The van der Waals surface area contributed by atoms with Gasteiger partial charge in [-0.25, -0.2) is 0 Å². The molecule has 0 unspecified atom stereocenters. The number of nitrogens with one attached hydrogen (secondary N) is 2. The maximum absolute atomic E-state index is 11.7. The van der Waals surface area contributed by atoms with Crippen molar-refractivity contribution in [3.05, 3.63) is 21.9 Å². The highest BCUT2D eigenvalue weighted by Crippen LogP contribution is 2.18. The molecule has 1 fully saturated rings. The Bertz CT molecular complexity index is 358. The largest absolute Gasteiger partial charge is 0.350 e. The summed E-state index contributed by atoms with van der Waals surface area (Å²) in [6.07, 6.45) is 3.58. The van der Waals surface area contributed by atoms with Crippen molar-refractivity contribution in [3.63, 3.8) is 0 Å². The average molecular weight is 238 g/mol. The van der Waals surface area contributed by atoms with Crippen molar-refractivity contribution in [2.75, 3.05) is 13.1 Å². The van der Waals surface area contributed by atoms with Gasteiger partial charge in [-0.05, 0) is 31.4 Å². The van der Waals surface area contributed by atoms with Gasteiger partial charge in [-0.3, -0.25) is 4.79 Å². The number of hydrogen-bond acceptors (Lipinski definition) is 3. The summed E-state index contributed by atoms with van der Waals surface area (Å²) in [5.74, 6) is 0.0577. The van der Waals surface area contributed by atoms with E-state index in [1.165, 1.54) is 17.7 Å². The molecular weight excluding hydrogens is 220 g/mol. The van der Waals surface area contributed by atoms with Crippen LogP contribution < -0.4 is 10.6 Å². The van der Waals surface area contributed by atoms with E-state index in [1.807, 2.05) is 12.1 Å². The van der Waals surface area contributed by atoms with E-state index in [0.717, 1.165) is 17.8 Å². The van der Waals surface area contributed by atoms with Gasteiger partial charge in [-0.15, -0.1) is 11.3 Å². The molecule has 0 spiro atoms. The van der Waals surface area contributed by atoms with E-state index in [4.69, 9.17) is 0 Å². The molecule has 2 N–H and O–H groups in total. The van der Waals surface area contributed by atoms with Gasteiger partial charge < -0.3 is 10.6 Å². The quantitative estimate of drug-likeness (QED) is 0.742. The molecule has 1 aliphatic rings. The van der Waals surface area contributed by atoms with Crippen molar-refractivity contribution in [1.82, 2.24) is 10.6 Å². The van der Waals surface area contributed by atoms with Crippen LogP contribution in [0.3, 0.4) is 0 Å². The van der Waals surface area contributed by atoms with Crippen LogP contribution in [0.1, 0.15) is 34.3 Å². The van der Waals surface area contributed by atoms with Gasteiger partial charge in [0.25, 0.3) is 5.91 Å². The van der Waals surface area contributed by atoms with Crippen molar-refractivity contribution in [1.29, 1.82) is 0 Å². The smallest absolute Gasteiger partial charge is 0.261 e. The molecule has 0 atom stereocenters. The number of aryl methyl sites for hydroxylation is 1. The topological polar surface area (TPSA) is 41.1 Å². The second-order valence-electron chi connectivity index (χ2n) is 4.10. The lowest BCUT2D eigenvalue weighted by Crippen LogP contribution is -2.32. The molecule has 0 aromatic carbocycles. The third kappa shape index (κ3) is 3.32. The predicted octanol–water partition coefficient (Wildman–Crippen LogP) is 1.79. The number of thiophene rings is 1. The molecule has 1 saturated carbocycles. The first kappa shape index (κ1) is 11.6. The van der Waals surface area contributed by atoms with Crippen LogP contribution in [0.2, 0.25) is 0 Å². The fraction of sp³-hybridized carbons (Fsp3) is 0.583. The van der Waals surface area contributed by atoms with Gasteiger partial charge in [-0.2, -0.15) is 0 Å². The standard InChI is InChI=1S/C12H18N2OS/c1-2-10-5-6-11(16-10)12(15)14-8-7-13-9-3-4-9/h5-6,9,13H,2-4,7-8H2,1H3,(H,14,15). The Morgan fingerprint density at radius 1 is 1.44 bits per heavy atom. The first-order valence-corrected chi connectivity index (χ1v) is 6.71. The van der Waals surface area contributed by atoms with E-state index in [1.54, 1.807) is 11.3 Å². The van der Waals surface area contributed by atoms with Crippen LogP contribution in [-0.4, -0.2) is 25.0 Å². The van der Waals surface area contributed by atoms with Gasteiger partial charge in [0.15, 0.2) is 0 Å². The summed E-state index contributed by atoms with van der Waals surface area (Å²) in [6, 6.07) is 4.65. The molecule has 16 heavy (non-hydrogen) atoms. The number of carbonyl (C=O) groups is 1. The van der Waals surface area contributed by atoms with Crippen molar-refractivity contribution in [2.24, 2.45) is 0 Å². The van der Waals surface area contributed by atoms with Gasteiger partial charge in [0.05, 0.1) is 4.88 Å². The Morgan fingerprint density at radius 2 is 2.25 bits per heavy atom. The third-order valence-electron chi connectivity index (χ3n) is 2.65. The fourth-order valence-electron chi connectivity index (χ4n) is 1.52. The summed E-state index contributed by atoms with van der Waals surface area (Å²) in [7, 11) is 0. The van der Waals surface area contributed by atoms with Crippen LogP contribution in [0.4, 0.5) is 0 Å². The van der Waals surface area contributed by atoms with Crippen molar-refractivity contribution in [3.8, 4) is 0 Å². The van der Waals surface area contributed by atoms with Crippen molar-refractivity contribution >= 4 is 17.2 Å². The Morgan fingerprint density at radius 3 is 2.88 bits per heavy atom. The lowest BCUT2D eigenvalue weighted by Gasteiger charge is -2.04. The van der Waals surface area contributed by atoms with Crippen LogP contribution in [-0.2, 0) is 6.42 Å². The Kier molecular flexibility index (Phi) is 3.96. The van der Waals surface area contributed by atoms with E-state index >= 15 is 0 Å². The van der Waals surface area contributed by atoms with Gasteiger partial charge in [-0.1, -0.05) is 6.92 Å².